The van der Waals surface area contributed by atoms with E-state index in [1.165, 1.54) is 11.8 Å². The maximum absolute atomic E-state index is 8.72. The molecule has 1 saturated heterocycles. The predicted octanol–water partition coefficient (Wildman–Crippen LogP) is 2.75. The van der Waals surface area contributed by atoms with Crippen molar-refractivity contribution in [1.82, 2.24) is 0 Å². The van der Waals surface area contributed by atoms with Gasteiger partial charge in [-0.3, -0.25) is 0 Å². The number of allylic oxidation sites excluding steroid dienone is 1. The molecule has 1 fully saturated rings. The first-order valence-corrected chi connectivity index (χ1v) is 5.72. The molecule has 1 aliphatic heterocycles. The third-order valence-corrected chi connectivity index (χ3v) is 3.25. The zero-order valence-electron chi connectivity index (χ0n) is 8.38. The van der Waals surface area contributed by atoms with Crippen LogP contribution in [0.25, 0.3) is 0 Å². The monoisotopic (exact) mass is 228 g/mol. The SMILES string of the molecule is N#CC(C#N)=C1OC(c2ccccc2)CS1. The van der Waals surface area contributed by atoms with E-state index in [1.807, 2.05) is 42.5 Å². The lowest BCUT2D eigenvalue weighted by molar-refractivity contribution is 0.172. The van der Waals surface area contributed by atoms with Crippen molar-refractivity contribution in [2.75, 3.05) is 5.75 Å². The van der Waals surface area contributed by atoms with Crippen LogP contribution in [-0.2, 0) is 4.74 Å². The molecule has 0 saturated carbocycles. The minimum absolute atomic E-state index is 0.0575. The van der Waals surface area contributed by atoms with Crippen LogP contribution in [-0.4, -0.2) is 5.75 Å². The molecule has 1 unspecified atom stereocenters. The topological polar surface area (TPSA) is 56.8 Å². The summed E-state index contributed by atoms with van der Waals surface area (Å²) in [5.74, 6) is 0.742. The van der Waals surface area contributed by atoms with E-state index in [0.29, 0.717) is 5.09 Å². The standard InChI is InChI=1S/C12H8N2OS/c13-6-10(7-14)12-15-11(8-16-12)9-4-2-1-3-5-9/h1-5,11H,8H2. The van der Waals surface area contributed by atoms with Crippen molar-refractivity contribution in [2.24, 2.45) is 0 Å². The fourth-order valence-electron chi connectivity index (χ4n) is 1.43. The molecule has 16 heavy (non-hydrogen) atoms. The molecule has 1 aromatic carbocycles. The van der Waals surface area contributed by atoms with Crippen LogP contribution in [0.15, 0.2) is 41.0 Å². The number of hydrogen-bond acceptors (Lipinski definition) is 4. The molecule has 0 spiro atoms. The lowest BCUT2D eigenvalue weighted by atomic mass is 10.1. The summed E-state index contributed by atoms with van der Waals surface area (Å²) < 4.78 is 5.59. The van der Waals surface area contributed by atoms with Crippen molar-refractivity contribution in [1.29, 1.82) is 10.5 Å². The second-order valence-corrected chi connectivity index (χ2v) is 4.21. The van der Waals surface area contributed by atoms with Gasteiger partial charge in [-0.25, -0.2) is 0 Å². The van der Waals surface area contributed by atoms with Gasteiger partial charge in [-0.1, -0.05) is 42.1 Å². The zero-order chi connectivity index (χ0) is 11.4. The van der Waals surface area contributed by atoms with E-state index in [1.54, 1.807) is 0 Å². The Kier molecular flexibility index (Phi) is 3.14. The van der Waals surface area contributed by atoms with E-state index in [0.717, 1.165) is 11.3 Å². The molecule has 0 N–H and O–H groups in total. The van der Waals surface area contributed by atoms with Gasteiger partial charge in [-0.05, 0) is 5.56 Å². The van der Waals surface area contributed by atoms with Gasteiger partial charge in [0.2, 0.25) is 0 Å². The van der Waals surface area contributed by atoms with Crippen molar-refractivity contribution in [2.45, 2.75) is 6.10 Å². The highest BCUT2D eigenvalue weighted by atomic mass is 32.2. The summed E-state index contributed by atoms with van der Waals surface area (Å²) in [6, 6.07) is 13.5. The van der Waals surface area contributed by atoms with Crippen LogP contribution in [0.3, 0.4) is 0 Å². The van der Waals surface area contributed by atoms with Gasteiger partial charge < -0.3 is 4.74 Å². The molecule has 3 nitrogen and oxygen atoms in total. The molecule has 1 aliphatic rings. The van der Waals surface area contributed by atoms with Crippen molar-refractivity contribution in [3.8, 4) is 12.1 Å². The highest BCUT2D eigenvalue weighted by Gasteiger charge is 2.25. The molecule has 78 valence electrons. The summed E-state index contributed by atoms with van der Waals surface area (Å²) in [5.41, 5.74) is 1.13. The van der Waals surface area contributed by atoms with Crippen molar-refractivity contribution in [3.05, 3.63) is 46.6 Å². The average molecular weight is 228 g/mol. The van der Waals surface area contributed by atoms with Crippen molar-refractivity contribution < 1.29 is 4.74 Å². The van der Waals surface area contributed by atoms with Gasteiger partial charge in [-0.15, -0.1) is 0 Å². The number of nitriles is 2. The smallest absolute Gasteiger partial charge is 0.182 e. The fourth-order valence-corrected chi connectivity index (χ4v) is 2.41. The summed E-state index contributed by atoms with van der Waals surface area (Å²) in [6.07, 6.45) is -0.0575. The third kappa shape index (κ3) is 2.03. The first-order valence-electron chi connectivity index (χ1n) is 4.74. The first-order chi connectivity index (χ1) is 7.85. The Morgan fingerprint density at radius 1 is 1.25 bits per heavy atom. The van der Waals surface area contributed by atoms with E-state index in [9.17, 15) is 0 Å². The molecular formula is C12H8N2OS. The van der Waals surface area contributed by atoms with Gasteiger partial charge in [0.1, 0.15) is 18.2 Å². The van der Waals surface area contributed by atoms with Gasteiger partial charge in [0.05, 0.1) is 0 Å². The molecule has 0 bridgehead atoms. The van der Waals surface area contributed by atoms with Gasteiger partial charge in [-0.2, -0.15) is 10.5 Å². The summed E-state index contributed by atoms with van der Waals surface area (Å²) in [5, 5.41) is 17.9. The average Bonchev–Trinajstić information content (AvgIpc) is 2.81. The molecule has 0 aliphatic carbocycles. The predicted molar refractivity (Wildman–Crippen MR) is 61.0 cm³/mol. The maximum Gasteiger partial charge on any atom is 0.182 e. The fraction of sp³-hybridized carbons (Fsp3) is 0.167. The van der Waals surface area contributed by atoms with Crippen LogP contribution in [0.4, 0.5) is 0 Å². The van der Waals surface area contributed by atoms with Gasteiger partial charge in [0.25, 0.3) is 0 Å². The molecular weight excluding hydrogens is 220 g/mol. The first kappa shape index (κ1) is 10.6. The summed E-state index contributed by atoms with van der Waals surface area (Å²) in [7, 11) is 0. The highest BCUT2D eigenvalue weighted by molar-refractivity contribution is 8.03. The summed E-state index contributed by atoms with van der Waals surface area (Å²) in [6.45, 7) is 0. The largest absolute Gasteiger partial charge is 0.476 e. The number of ether oxygens (including phenoxy) is 1. The lowest BCUT2D eigenvalue weighted by Gasteiger charge is -2.09. The third-order valence-electron chi connectivity index (χ3n) is 2.21. The van der Waals surface area contributed by atoms with Crippen molar-refractivity contribution in [3.63, 3.8) is 0 Å². The normalized spacial score (nSPS) is 18.4. The maximum atomic E-state index is 8.72. The Labute approximate surface area is 97.9 Å². The lowest BCUT2D eigenvalue weighted by Crippen LogP contribution is -1.98. The summed E-state index contributed by atoms with van der Waals surface area (Å²) >= 11 is 1.41. The van der Waals surface area contributed by atoms with Crippen LogP contribution >= 0.6 is 11.8 Å². The number of thioether (sulfide) groups is 1. The van der Waals surface area contributed by atoms with Gasteiger partial charge in [0.15, 0.2) is 10.7 Å². The number of rotatable bonds is 1. The molecule has 0 amide bonds. The molecule has 1 aromatic rings. The number of hydrogen-bond donors (Lipinski definition) is 0. The Hall–Kier alpha value is -1.91. The van der Waals surface area contributed by atoms with Crippen LogP contribution in [0.2, 0.25) is 0 Å². The van der Waals surface area contributed by atoms with Crippen LogP contribution in [0.5, 0.6) is 0 Å². The minimum atomic E-state index is -0.0575. The Morgan fingerprint density at radius 2 is 1.94 bits per heavy atom. The van der Waals surface area contributed by atoms with E-state index < -0.39 is 0 Å². The second kappa shape index (κ2) is 4.74. The highest BCUT2D eigenvalue weighted by Crippen LogP contribution is 2.39. The summed E-state index contributed by atoms with van der Waals surface area (Å²) in [4.78, 5) is 0. The van der Waals surface area contributed by atoms with Crippen LogP contribution in [0, 0.1) is 22.7 Å². The molecule has 1 heterocycles. The van der Waals surface area contributed by atoms with Crippen molar-refractivity contribution >= 4 is 11.8 Å². The Bertz CT molecular complexity index is 480. The molecule has 2 rings (SSSR count). The van der Waals surface area contributed by atoms with E-state index in [2.05, 4.69) is 0 Å². The Balaban J connectivity index is 2.20. The molecule has 1 atom stereocenters. The number of nitrogens with zero attached hydrogens (tertiary/aromatic N) is 2. The number of benzene rings is 1. The Morgan fingerprint density at radius 3 is 2.56 bits per heavy atom. The molecule has 0 radical (unpaired) electrons. The molecule has 4 heteroatoms. The van der Waals surface area contributed by atoms with E-state index in [-0.39, 0.29) is 11.7 Å². The molecule has 0 aromatic heterocycles. The second-order valence-electron chi connectivity index (χ2n) is 3.21. The van der Waals surface area contributed by atoms with Gasteiger partial charge in [0, 0.05) is 5.75 Å². The van der Waals surface area contributed by atoms with Crippen LogP contribution in [0.1, 0.15) is 11.7 Å². The van der Waals surface area contributed by atoms with E-state index >= 15 is 0 Å². The zero-order valence-corrected chi connectivity index (χ0v) is 9.20. The van der Waals surface area contributed by atoms with E-state index in [4.69, 9.17) is 15.3 Å². The quantitative estimate of drug-likeness (QED) is 0.693. The minimum Gasteiger partial charge on any atom is -0.476 e. The van der Waals surface area contributed by atoms with Gasteiger partial charge >= 0.3 is 0 Å². The van der Waals surface area contributed by atoms with Crippen LogP contribution < -0.4 is 0 Å².